The summed E-state index contributed by atoms with van der Waals surface area (Å²) in [5.74, 6) is -0.140. The molecule has 2 aromatic rings. The summed E-state index contributed by atoms with van der Waals surface area (Å²) in [5.41, 5.74) is 4.40. The molecule has 1 aliphatic rings. The first-order valence-electron chi connectivity index (χ1n) is 8.75. The van der Waals surface area contributed by atoms with Crippen molar-refractivity contribution in [3.8, 4) is 0 Å². The third-order valence-electron chi connectivity index (χ3n) is 4.69. The number of amides is 1. The Balaban J connectivity index is 1.61. The highest BCUT2D eigenvalue weighted by atomic mass is 16.5. The minimum absolute atomic E-state index is 0.0891. The molecular formula is C21H24N2O2. The summed E-state index contributed by atoms with van der Waals surface area (Å²) in [7, 11) is 0. The van der Waals surface area contributed by atoms with Gasteiger partial charge in [0.15, 0.2) is 0 Å². The van der Waals surface area contributed by atoms with Crippen molar-refractivity contribution in [1.29, 1.82) is 0 Å². The smallest absolute Gasteiger partial charge is 0.246 e. The molecule has 2 aromatic carbocycles. The highest BCUT2D eigenvalue weighted by Gasteiger charge is 2.60. The SMILES string of the molecule is CCO[C@]1(c2ccccc2)C[C@H]1C(=O)N/N=C\[C@H](C)c1ccccc1. The normalized spacial score (nSPS) is 23.4. The van der Waals surface area contributed by atoms with Gasteiger partial charge in [0.05, 0.1) is 5.92 Å². The Morgan fingerprint density at radius 2 is 1.88 bits per heavy atom. The molecule has 1 amide bonds. The van der Waals surface area contributed by atoms with Crippen LogP contribution in [0, 0.1) is 5.92 Å². The van der Waals surface area contributed by atoms with Crippen LogP contribution in [0.15, 0.2) is 65.8 Å². The first-order valence-corrected chi connectivity index (χ1v) is 8.75. The summed E-state index contributed by atoms with van der Waals surface area (Å²) >= 11 is 0. The van der Waals surface area contributed by atoms with E-state index in [1.54, 1.807) is 6.21 Å². The van der Waals surface area contributed by atoms with Gasteiger partial charge in [-0.3, -0.25) is 4.79 Å². The highest BCUT2D eigenvalue weighted by molar-refractivity contribution is 5.84. The number of nitrogens with one attached hydrogen (secondary N) is 1. The molecule has 130 valence electrons. The monoisotopic (exact) mass is 336 g/mol. The Morgan fingerprint density at radius 1 is 1.24 bits per heavy atom. The van der Waals surface area contributed by atoms with Crippen LogP contribution in [-0.4, -0.2) is 18.7 Å². The first kappa shape index (κ1) is 17.4. The van der Waals surface area contributed by atoms with Crippen LogP contribution in [0.25, 0.3) is 0 Å². The fourth-order valence-electron chi connectivity index (χ4n) is 3.22. The standard InChI is InChI=1S/C21H24N2O2/c1-3-25-21(18-12-8-5-9-13-18)14-19(21)20(24)23-22-15-16(2)17-10-6-4-7-11-17/h4-13,15-16,19H,3,14H2,1-2H3,(H,23,24)/b22-15-/t16-,19-,21-/m0/s1. The zero-order valence-electron chi connectivity index (χ0n) is 14.7. The number of hydrazone groups is 1. The fourth-order valence-corrected chi connectivity index (χ4v) is 3.22. The van der Waals surface area contributed by atoms with E-state index in [-0.39, 0.29) is 17.7 Å². The van der Waals surface area contributed by atoms with E-state index in [1.165, 1.54) is 5.56 Å². The van der Waals surface area contributed by atoms with Gasteiger partial charge in [-0.05, 0) is 24.5 Å². The van der Waals surface area contributed by atoms with Gasteiger partial charge >= 0.3 is 0 Å². The maximum absolute atomic E-state index is 12.5. The number of hydrogen-bond acceptors (Lipinski definition) is 3. The van der Waals surface area contributed by atoms with Gasteiger partial charge in [0.25, 0.3) is 0 Å². The maximum atomic E-state index is 12.5. The molecule has 0 saturated heterocycles. The Morgan fingerprint density at radius 3 is 2.52 bits per heavy atom. The number of benzene rings is 2. The fraction of sp³-hybridized carbons (Fsp3) is 0.333. The molecule has 0 spiro atoms. The van der Waals surface area contributed by atoms with Crippen LogP contribution < -0.4 is 5.43 Å². The van der Waals surface area contributed by atoms with E-state index < -0.39 is 5.60 Å². The van der Waals surface area contributed by atoms with E-state index in [0.29, 0.717) is 13.0 Å². The van der Waals surface area contributed by atoms with Crippen LogP contribution in [0.2, 0.25) is 0 Å². The average Bonchev–Trinajstić information content (AvgIpc) is 3.39. The van der Waals surface area contributed by atoms with Gasteiger partial charge in [-0.2, -0.15) is 5.10 Å². The van der Waals surface area contributed by atoms with Gasteiger partial charge in [-0.15, -0.1) is 0 Å². The van der Waals surface area contributed by atoms with Crippen molar-refractivity contribution in [3.05, 3.63) is 71.8 Å². The third kappa shape index (κ3) is 3.80. The second-order valence-electron chi connectivity index (χ2n) is 6.40. The van der Waals surface area contributed by atoms with Crippen LogP contribution in [0.4, 0.5) is 0 Å². The summed E-state index contributed by atoms with van der Waals surface area (Å²) in [4.78, 5) is 12.5. The zero-order chi connectivity index (χ0) is 17.7. The van der Waals surface area contributed by atoms with Crippen molar-refractivity contribution >= 4 is 12.1 Å². The van der Waals surface area contributed by atoms with E-state index in [4.69, 9.17) is 4.74 Å². The van der Waals surface area contributed by atoms with Gasteiger partial charge in [0, 0.05) is 18.7 Å². The molecule has 1 fully saturated rings. The molecule has 1 N–H and O–H groups in total. The Kier molecular flexibility index (Phi) is 5.29. The van der Waals surface area contributed by atoms with Crippen molar-refractivity contribution in [2.45, 2.75) is 31.8 Å². The third-order valence-corrected chi connectivity index (χ3v) is 4.69. The van der Waals surface area contributed by atoms with Gasteiger partial charge in [-0.25, -0.2) is 5.43 Å². The molecule has 4 nitrogen and oxygen atoms in total. The summed E-state index contributed by atoms with van der Waals surface area (Å²) < 4.78 is 5.94. The molecule has 0 aromatic heterocycles. The molecule has 0 bridgehead atoms. The zero-order valence-corrected chi connectivity index (χ0v) is 14.7. The van der Waals surface area contributed by atoms with Gasteiger partial charge < -0.3 is 4.74 Å². The lowest BCUT2D eigenvalue weighted by Gasteiger charge is -2.17. The van der Waals surface area contributed by atoms with E-state index in [9.17, 15) is 4.79 Å². The van der Waals surface area contributed by atoms with Crippen LogP contribution in [0.5, 0.6) is 0 Å². The molecule has 0 heterocycles. The number of rotatable bonds is 7. The van der Waals surface area contributed by atoms with Crippen LogP contribution in [0.1, 0.15) is 37.3 Å². The minimum Gasteiger partial charge on any atom is -0.370 e. The predicted molar refractivity (Wildman–Crippen MR) is 99.3 cm³/mol. The lowest BCUT2D eigenvalue weighted by atomic mass is 10.0. The molecule has 0 unspecified atom stereocenters. The van der Waals surface area contributed by atoms with Gasteiger partial charge in [0.2, 0.25) is 5.91 Å². The van der Waals surface area contributed by atoms with E-state index in [2.05, 4.69) is 29.6 Å². The molecule has 0 radical (unpaired) electrons. The lowest BCUT2D eigenvalue weighted by Crippen LogP contribution is -2.26. The van der Waals surface area contributed by atoms with Gasteiger partial charge in [-0.1, -0.05) is 67.6 Å². The second kappa shape index (κ2) is 7.62. The Bertz CT molecular complexity index is 730. The number of carbonyl (C=O) groups is 1. The Labute approximate surface area is 148 Å². The van der Waals surface area contributed by atoms with Crippen molar-refractivity contribution < 1.29 is 9.53 Å². The topological polar surface area (TPSA) is 50.7 Å². The summed E-state index contributed by atoms with van der Waals surface area (Å²) in [6.45, 7) is 4.58. The quantitative estimate of drug-likeness (QED) is 0.617. The van der Waals surface area contributed by atoms with Crippen LogP contribution >= 0.6 is 0 Å². The predicted octanol–water partition coefficient (Wildman–Crippen LogP) is 3.84. The van der Waals surface area contributed by atoms with Gasteiger partial charge in [0.1, 0.15) is 5.60 Å². The summed E-state index contributed by atoms with van der Waals surface area (Å²) in [5, 5.41) is 4.15. The maximum Gasteiger partial charge on any atom is 0.246 e. The lowest BCUT2D eigenvalue weighted by molar-refractivity contribution is -0.124. The molecule has 3 rings (SSSR count). The van der Waals surface area contributed by atoms with Crippen LogP contribution in [0.3, 0.4) is 0 Å². The molecule has 1 saturated carbocycles. The van der Waals surface area contributed by atoms with Crippen molar-refractivity contribution in [2.24, 2.45) is 11.0 Å². The van der Waals surface area contributed by atoms with E-state index >= 15 is 0 Å². The van der Waals surface area contributed by atoms with Crippen LogP contribution in [-0.2, 0) is 15.1 Å². The van der Waals surface area contributed by atoms with Crippen molar-refractivity contribution in [3.63, 3.8) is 0 Å². The Hall–Kier alpha value is -2.46. The molecule has 1 aliphatic carbocycles. The van der Waals surface area contributed by atoms with Crippen molar-refractivity contribution in [2.75, 3.05) is 6.61 Å². The largest absolute Gasteiger partial charge is 0.370 e. The number of ether oxygens (including phenoxy) is 1. The number of nitrogens with zero attached hydrogens (tertiary/aromatic N) is 1. The minimum atomic E-state index is -0.499. The average molecular weight is 336 g/mol. The molecule has 4 heteroatoms. The first-order chi connectivity index (χ1) is 12.2. The summed E-state index contributed by atoms with van der Waals surface area (Å²) in [6.07, 6.45) is 2.46. The van der Waals surface area contributed by atoms with E-state index in [1.807, 2.05) is 55.5 Å². The number of hydrogen-bond donors (Lipinski definition) is 1. The highest BCUT2D eigenvalue weighted by Crippen LogP contribution is 2.55. The molecule has 0 aliphatic heterocycles. The number of carbonyl (C=O) groups excluding carboxylic acids is 1. The summed E-state index contributed by atoms with van der Waals surface area (Å²) in [6, 6.07) is 20.0. The molecule has 3 atom stereocenters. The van der Waals surface area contributed by atoms with E-state index in [0.717, 1.165) is 5.56 Å². The molecular weight excluding hydrogens is 312 g/mol. The molecule has 25 heavy (non-hydrogen) atoms. The van der Waals surface area contributed by atoms with Crippen molar-refractivity contribution in [1.82, 2.24) is 5.43 Å². The second-order valence-corrected chi connectivity index (χ2v) is 6.40.